The Balaban J connectivity index is 3.13. The Bertz CT molecular complexity index is 410. The third kappa shape index (κ3) is 7.59. The molecule has 0 bridgehead atoms. The molecule has 0 aromatic rings. The molecule has 1 heterocycles. The summed E-state index contributed by atoms with van der Waals surface area (Å²) in [6.07, 6.45) is 6.19. The molecule has 4 nitrogen and oxygen atoms in total. The van der Waals surface area contributed by atoms with Crippen molar-refractivity contribution in [2.24, 2.45) is 16.7 Å². The molecule has 28 heavy (non-hydrogen) atoms. The van der Waals surface area contributed by atoms with Crippen LogP contribution in [0.5, 0.6) is 0 Å². The van der Waals surface area contributed by atoms with Gasteiger partial charge in [-0.25, -0.2) is 0 Å². The molecule has 1 rings (SSSR count). The van der Waals surface area contributed by atoms with Crippen LogP contribution in [0.25, 0.3) is 0 Å². The van der Waals surface area contributed by atoms with Gasteiger partial charge in [-0.15, -0.1) is 0 Å². The summed E-state index contributed by atoms with van der Waals surface area (Å²) < 4.78 is 19.4. The number of hydrogen-bond donors (Lipinski definition) is 1. The van der Waals surface area contributed by atoms with Gasteiger partial charge in [-0.05, 0) is 23.7 Å². The van der Waals surface area contributed by atoms with E-state index in [-0.39, 0.29) is 47.8 Å². The number of rotatable bonds is 11. The third-order valence-electron chi connectivity index (χ3n) is 5.84. The van der Waals surface area contributed by atoms with E-state index in [9.17, 15) is 5.11 Å². The van der Waals surface area contributed by atoms with Crippen LogP contribution in [0.1, 0.15) is 93.9 Å². The van der Waals surface area contributed by atoms with Gasteiger partial charge in [0, 0.05) is 19.1 Å². The molecule has 1 aliphatic rings. The van der Waals surface area contributed by atoms with Crippen LogP contribution in [-0.4, -0.2) is 49.3 Å². The predicted molar refractivity (Wildman–Crippen MR) is 117 cm³/mol. The minimum atomic E-state index is -0.333. The van der Waals surface area contributed by atoms with Gasteiger partial charge < -0.3 is 19.3 Å². The maximum absolute atomic E-state index is 10.1. The molecule has 0 aliphatic carbocycles. The van der Waals surface area contributed by atoms with Crippen molar-refractivity contribution in [2.45, 2.75) is 118 Å². The molecule has 168 valence electrons. The maximum Gasteiger partial charge on any atom is 0.112 e. The number of ether oxygens (including phenoxy) is 3. The minimum Gasteiger partial charge on any atom is -0.394 e. The molecule has 4 heteroatoms. The van der Waals surface area contributed by atoms with Crippen LogP contribution in [-0.2, 0) is 14.2 Å². The van der Waals surface area contributed by atoms with Crippen molar-refractivity contribution in [2.75, 3.05) is 19.8 Å². The summed E-state index contributed by atoms with van der Waals surface area (Å²) in [4.78, 5) is 0. The highest BCUT2D eigenvalue weighted by atomic mass is 16.6. The second-order valence-electron chi connectivity index (χ2n) is 10.6. The second kappa shape index (κ2) is 11.9. The SMILES string of the molecule is CCCCCOC1C(CO)OC(C(C)(C)C)C(C(C)(C)C)C1OCCCCC. The van der Waals surface area contributed by atoms with Gasteiger partial charge in [-0.3, -0.25) is 0 Å². The lowest BCUT2D eigenvalue weighted by molar-refractivity contribution is -0.271. The van der Waals surface area contributed by atoms with Gasteiger partial charge in [-0.2, -0.15) is 0 Å². The van der Waals surface area contributed by atoms with E-state index in [2.05, 4.69) is 55.4 Å². The van der Waals surface area contributed by atoms with Gasteiger partial charge in [0.15, 0.2) is 0 Å². The molecule has 0 amide bonds. The molecule has 5 unspecified atom stereocenters. The minimum absolute atomic E-state index is 0.0105. The molecule has 1 aliphatic heterocycles. The molecule has 0 aromatic carbocycles. The number of aliphatic hydroxyl groups is 1. The van der Waals surface area contributed by atoms with E-state index in [1.807, 2.05) is 0 Å². The highest BCUT2D eigenvalue weighted by Crippen LogP contribution is 2.46. The predicted octanol–water partition coefficient (Wildman–Crippen LogP) is 5.61. The lowest BCUT2D eigenvalue weighted by atomic mass is 9.64. The first kappa shape index (κ1) is 25.9. The average Bonchev–Trinajstić information content (AvgIpc) is 2.60. The first-order chi connectivity index (χ1) is 13.1. The Morgan fingerprint density at radius 3 is 1.64 bits per heavy atom. The number of hydrogen-bond acceptors (Lipinski definition) is 4. The van der Waals surface area contributed by atoms with Gasteiger partial charge >= 0.3 is 0 Å². The molecular formula is C24H48O4. The highest BCUT2D eigenvalue weighted by molar-refractivity contribution is 5.01. The van der Waals surface area contributed by atoms with Crippen molar-refractivity contribution in [1.82, 2.24) is 0 Å². The molecule has 1 saturated heterocycles. The van der Waals surface area contributed by atoms with Crippen LogP contribution in [0.15, 0.2) is 0 Å². The summed E-state index contributed by atoms with van der Waals surface area (Å²) in [5.41, 5.74) is -0.0254. The first-order valence-corrected chi connectivity index (χ1v) is 11.6. The van der Waals surface area contributed by atoms with Gasteiger partial charge in [0.05, 0.1) is 18.8 Å². The van der Waals surface area contributed by atoms with E-state index in [0.717, 1.165) is 25.9 Å². The van der Waals surface area contributed by atoms with Gasteiger partial charge in [0.25, 0.3) is 0 Å². The lowest BCUT2D eigenvalue weighted by Crippen LogP contribution is -2.63. The van der Waals surface area contributed by atoms with Crippen LogP contribution in [0.4, 0.5) is 0 Å². The largest absolute Gasteiger partial charge is 0.394 e. The summed E-state index contributed by atoms with van der Waals surface area (Å²) in [7, 11) is 0. The molecule has 0 saturated carbocycles. The molecular weight excluding hydrogens is 352 g/mol. The zero-order valence-electron chi connectivity index (χ0n) is 19.9. The quantitative estimate of drug-likeness (QED) is 0.458. The lowest BCUT2D eigenvalue weighted by Gasteiger charge is -2.54. The Labute approximate surface area is 174 Å². The Hall–Kier alpha value is -0.160. The van der Waals surface area contributed by atoms with Crippen LogP contribution >= 0.6 is 0 Å². The van der Waals surface area contributed by atoms with Crippen LogP contribution in [0.2, 0.25) is 0 Å². The molecule has 0 radical (unpaired) electrons. The summed E-state index contributed by atoms with van der Waals surface area (Å²) in [5.74, 6) is 0.202. The topological polar surface area (TPSA) is 47.9 Å². The highest BCUT2D eigenvalue weighted by Gasteiger charge is 2.54. The van der Waals surface area contributed by atoms with Gasteiger partial charge in [0.1, 0.15) is 12.2 Å². The molecule has 5 atom stereocenters. The van der Waals surface area contributed by atoms with Crippen LogP contribution < -0.4 is 0 Å². The Kier molecular flexibility index (Phi) is 11.0. The monoisotopic (exact) mass is 400 g/mol. The van der Waals surface area contributed by atoms with Gasteiger partial charge in [0.2, 0.25) is 0 Å². The smallest absolute Gasteiger partial charge is 0.112 e. The third-order valence-corrected chi connectivity index (χ3v) is 5.84. The van der Waals surface area contributed by atoms with Crippen LogP contribution in [0.3, 0.4) is 0 Å². The van der Waals surface area contributed by atoms with E-state index in [1.165, 1.54) is 19.3 Å². The molecule has 0 spiro atoms. The maximum atomic E-state index is 10.1. The number of unbranched alkanes of at least 4 members (excludes halogenated alkanes) is 4. The fourth-order valence-electron chi connectivity index (χ4n) is 4.32. The van der Waals surface area contributed by atoms with Crippen LogP contribution in [0, 0.1) is 16.7 Å². The fraction of sp³-hybridized carbons (Fsp3) is 1.00. The fourth-order valence-corrected chi connectivity index (χ4v) is 4.32. The van der Waals surface area contributed by atoms with E-state index in [1.54, 1.807) is 0 Å². The first-order valence-electron chi connectivity index (χ1n) is 11.6. The van der Waals surface area contributed by atoms with E-state index < -0.39 is 0 Å². The molecule has 1 fully saturated rings. The zero-order valence-corrected chi connectivity index (χ0v) is 19.9. The van der Waals surface area contributed by atoms with Crippen molar-refractivity contribution in [3.05, 3.63) is 0 Å². The van der Waals surface area contributed by atoms with Crippen molar-refractivity contribution in [3.8, 4) is 0 Å². The van der Waals surface area contributed by atoms with Crippen molar-refractivity contribution in [3.63, 3.8) is 0 Å². The average molecular weight is 401 g/mol. The normalized spacial score (nSPS) is 29.2. The Morgan fingerprint density at radius 1 is 0.750 bits per heavy atom. The number of aliphatic hydroxyl groups excluding tert-OH is 1. The summed E-state index contributed by atoms with van der Waals surface area (Å²) in [6.45, 7) is 19.3. The van der Waals surface area contributed by atoms with E-state index in [0.29, 0.717) is 6.61 Å². The standard InChI is InChI=1S/C24H48O4/c1-9-11-13-15-26-20-18(17-25)28-22(24(6,7)8)19(23(3,4)5)21(20)27-16-14-12-10-2/h18-22,25H,9-17H2,1-8H3. The zero-order chi connectivity index (χ0) is 21.4. The van der Waals surface area contributed by atoms with E-state index >= 15 is 0 Å². The van der Waals surface area contributed by atoms with Gasteiger partial charge in [-0.1, -0.05) is 81.1 Å². The van der Waals surface area contributed by atoms with Crippen molar-refractivity contribution >= 4 is 0 Å². The van der Waals surface area contributed by atoms with E-state index in [4.69, 9.17) is 14.2 Å². The molecule has 0 aromatic heterocycles. The Morgan fingerprint density at radius 2 is 1.25 bits per heavy atom. The summed E-state index contributed by atoms with van der Waals surface area (Å²) >= 11 is 0. The molecule has 1 N–H and O–H groups in total. The summed E-state index contributed by atoms with van der Waals surface area (Å²) in [6, 6.07) is 0. The second-order valence-corrected chi connectivity index (χ2v) is 10.6. The van der Waals surface area contributed by atoms with Crippen molar-refractivity contribution < 1.29 is 19.3 Å². The van der Waals surface area contributed by atoms with Crippen molar-refractivity contribution in [1.29, 1.82) is 0 Å². The summed E-state index contributed by atoms with van der Waals surface area (Å²) in [5, 5.41) is 10.1.